The fourth-order valence-electron chi connectivity index (χ4n) is 3.07. The number of hydrogen-bond donors (Lipinski definition) is 0. The molecule has 0 aliphatic rings. The lowest BCUT2D eigenvalue weighted by molar-refractivity contribution is 1.33. The van der Waals surface area contributed by atoms with Crippen molar-refractivity contribution >= 4 is 21.8 Å². The summed E-state index contributed by atoms with van der Waals surface area (Å²) in [6.45, 7) is 0. The molecule has 0 amide bonds. The molecule has 0 saturated carbocycles. The van der Waals surface area contributed by atoms with E-state index in [-0.39, 0.29) is 0 Å². The number of nitrogens with zero attached hydrogens (tertiary/aromatic N) is 2. The molecule has 5 aromatic rings. The van der Waals surface area contributed by atoms with E-state index in [1.165, 1.54) is 21.9 Å². The van der Waals surface area contributed by atoms with E-state index in [0.717, 1.165) is 11.0 Å². The van der Waals surface area contributed by atoms with E-state index in [9.17, 15) is 0 Å². The molecule has 0 radical (unpaired) electrons. The Labute approximate surface area is 152 Å². The highest BCUT2D eigenvalue weighted by Crippen LogP contribution is 2.34. The van der Waals surface area contributed by atoms with Gasteiger partial charge in [-0.25, -0.2) is 4.98 Å². The standard InChI is InChI=1S/C19H13N.C5H5N/c1-2-8-14(9-3-1)19-15-10-4-6-12-17(15)20-18-13-7-5-11-16(18)19;1-2-4-6-5-3-1/h1-13H;1-5H. The van der Waals surface area contributed by atoms with Gasteiger partial charge in [0.25, 0.3) is 0 Å². The van der Waals surface area contributed by atoms with Crippen LogP contribution in [0.3, 0.4) is 0 Å². The largest absolute Gasteiger partial charge is 0.265 e. The Morgan fingerprint density at radius 2 is 0.962 bits per heavy atom. The molecule has 0 fully saturated rings. The first-order chi connectivity index (χ1) is 12.9. The molecule has 26 heavy (non-hydrogen) atoms. The number of pyridine rings is 2. The first-order valence-electron chi connectivity index (χ1n) is 8.61. The van der Waals surface area contributed by atoms with Crippen LogP contribution in [0.2, 0.25) is 0 Å². The van der Waals surface area contributed by atoms with Gasteiger partial charge in [0.2, 0.25) is 0 Å². The van der Waals surface area contributed by atoms with Gasteiger partial charge in [0.15, 0.2) is 0 Å². The Balaban J connectivity index is 0.000000240. The van der Waals surface area contributed by atoms with Crippen LogP contribution in [0.1, 0.15) is 0 Å². The van der Waals surface area contributed by atoms with Gasteiger partial charge in [-0.1, -0.05) is 72.8 Å². The predicted octanol–water partition coefficient (Wildman–Crippen LogP) is 6.14. The average molecular weight is 334 g/mol. The van der Waals surface area contributed by atoms with E-state index in [1.807, 2.05) is 30.3 Å². The molecule has 124 valence electrons. The molecule has 5 rings (SSSR count). The van der Waals surface area contributed by atoms with Crippen molar-refractivity contribution in [3.63, 3.8) is 0 Å². The Bertz CT molecular complexity index is 1040. The summed E-state index contributed by atoms with van der Waals surface area (Å²) in [5, 5.41) is 2.41. The molecule has 0 spiro atoms. The third kappa shape index (κ3) is 3.31. The van der Waals surface area contributed by atoms with Crippen LogP contribution in [-0.4, -0.2) is 9.97 Å². The quantitative estimate of drug-likeness (QED) is 0.344. The van der Waals surface area contributed by atoms with Crippen LogP contribution in [0.4, 0.5) is 0 Å². The van der Waals surface area contributed by atoms with E-state index >= 15 is 0 Å². The third-order valence-corrected chi connectivity index (χ3v) is 4.22. The highest BCUT2D eigenvalue weighted by molar-refractivity contribution is 6.09. The highest BCUT2D eigenvalue weighted by atomic mass is 14.7. The molecule has 2 nitrogen and oxygen atoms in total. The molecular formula is C24H18N2. The number of rotatable bonds is 1. The number of benzene rings is 3. The number of aromatic nitrogens is 2. The van der Waals surface area contributed by atoms with Crippen LogP contribution in [-0.2, 0) is 0 Å². The van der Waals surface area contributed by atoms with E-state index in [2.05, 4.69) is 71.7 Å². The zero-order valence-corrected chi connectivity index (χ0v) is 14.3. The normalized spacial score (nSPS) is 10.3. The molecule has 0 unspecified atom stereocenters. The van der Waals surface area contributed by atoms with Crippen LogP contribution in [0.25, 0.3) is 32.9 Å². The minimum absolute atomic E-state index is 1.05. The smallest absolute Gasteiger partial charge is 0.0715 e. The minimum atomic E-state index is 1.05. The zero-order chi connectivity index (χ0) is 17.6. The van der Waals surface area contributed by atoms with Gasteiger partial charge in [0, 0.05) is 28.7 Å². The van der Waals surface area contributed by atoms with Crippen molar-refractivity contribution in [2.45, 2.75) is 0 Å². The molecule has 2 aromatic heterocycles. The van der Waals surface area contributed by atoms with Crippen molar-refractivity contribution < 1.29 is 0 Å². The summed E-state index contributed by atoms with van der Waals surface area (Å²) < 4.78 is 0. The molecular weight excluding hydrogens is 316 g/mol. The van der Waals surface area contributed by atoms with Gasteiger partial charge < -0.3 is 0 Å². The maximum absolute atomic E-state index is 4.76. The first kappa shape index (κ1) is 16.0. The average Bonchev–Trinajstić information content (AvgIpc) is 2.74. The molecule has 2 heterocycles. The van der Waals surface area contributed by atoms with Crippen LogP contribution in [0.5, 0.6) is 0 Å². The van der Waals surface area contributed by atoms with Gasteiger partial charge in [0.1, 0.15) is 0 Å². The van der Waals surface area contributed by atoms with Gasteiger partial charge in [-0.2, -0.15) is 0 Å². The maximum Gasteiger partial charge on any atom is 0.0715 e. The molecule has 3 aromatic carbocycles. The fraction of sp³-hybridized carbons (Fsp3) is 0. The van der Waals surface area contributed by atoms with Crippen molar-refractivity contribution in [2.24, 2.45) is 0 Å². The SMILES string of the molecule is c1ccc(-c2c3ccccc3nc3ccccc23)cc1.c1ccncc1. The van der Waals surface area contributed by atoms with Crippen LogP contribution in [0.15, 0.2) is 109 Å². The summed E-state index contributed by atoms with van der Waals surface area (Å²) in [7, 11) is 0. The van der Waals surface area contributed by atoms with E-state index in [0.29, 0.717) is 0 Å². The summed E-state index contributed by atoms with van der Waals surface area (Å²) in [6.07, 6.45) is 3.50. The maximum atomic E-state index is 4.76. The first-order valence-corrected chi connectivity index (χ1v) is 8.61. The lowest BCUT2D eigenvalue weighted by Gasteiger charge is -2.10. The fourth-order valence-corrected chi connectivity index (χ4v) is 3.07. The highest BCUT2D eigenvalue weighted by Gasteiger charge is 2.09. The number of para-hydroxylation sites is 2. The van der Waals surface area contributed by atoms with Crippen molar-refractivity contribution in [3.8, 4) is 11.1 Å². The van der Waals surface area contributed by atoms with Crippen molar-refractivity contribution in [1.82, 2.24) is 9.97 Å². The summed E-state index contributed by atoms with van der Waals surface area (Å²) in [5.41, 5.74) is 4.60. The van der Waals surface area contributed by atoms with Crippen molar-refractivity contribution in [3.05, 3.63) is 109 Å². The van der Waals surface area contributed by atoms with E-state index in [4.69, 9.17) is 4.98 Å². The van der Waals surface area contributed by atoms with Gasteiger partial charge in [0.05, 0.1) is 11.0 Å². The Morgan fingerprint density at radius 3 is 1.46 bits per heavy atom. The molecule has 0 N–H and O–H groups in total. The van der Waals surface area contributed by atoms with Gasteiger partial charge >= 0.3 is 0 Å². The van der Waals surface area contributed by atoms with Gasteiger partial charge in [-0.15, -0.1) is 0 Å². The molecule has 0 saturated heterocycles. The van der Waals surface area contributed by atoms with Crippen molar-refractivity contribution in [1.29, 1.82) is 0 Å². The Kier molecular flexibility index (Phi) is 4.66. The summed E-state index contributed by atoms with van der Waals surface area (Å²) in [4.78, 5) is 8.55. The number of fused-ring (bicyclic) bond motifs is 2. The Hall–Kier alpha value is -3.52. The summed E-state index contributed by atoms with van der Waals surface area (Å²) in [6, 6.07) is 32.9. The summed E-state index contributed by atoms with van der Waals surface area (Å²) in [5.74, 6) is 0. The molecule has 0 bridgehead atoms. The summed E-state index contributed by atoms with van der Waals surface area (Å²) >= 11 is 0. The van der Waals surface area contributed by atoms with E-state index in [1.54, 1.807) is 12.4 Å². The molecule has 0 atom stereocenters. The Morgan fingerprint density at radius 1 is 0.462 bits per heavy atom. The second-order valence-corrected chi connectivity index (χ2v) is 5.91. The molecule has 0 aliphatic carbocycles. The van der Waals surface area contributed by atoms with Gasteiger partial charge in [-0.3, -0.25) is 4.98 Å². The lowest BCUT2D eigenvalue weighted by atomic mass is 9.96. The van der Waals surface area contributed by atoms with Crippen LogP contribution in [0, 0.1) is 0 Å². The minimum Gasteiger partial charge on any atom is -0.265 e. The van der Waals surface area contributed by atoms with Crippen LogP contribution >= 0.6 is 0 Å². The zero-order valence-electron chi connectivity index (χ0n) is 14.3. The van der Waals surface area contributed by atoms with E-state index < -0.39 is 0 Å². The topological polar surface area (TPSA) is 25.8 Å². The predicted molar refractivity (Wildman–Crippen MR) is 109 cm³/mol. The third-order valence-electron chi connectivity index (χ3n) is 4.22. The second kappa shape index (κ2) is 7.58. The lowest BCUT2D eigenvalue weighted by Crippen LogP contribution is -1.88. The van der Waals surface area contributed by atoms with Crippen LogP contribution < -0.4 is 0 Å². The molecule has 2 heteroatoms. The monoisotopic (exact) mass is 334 g/mol. The van der Waals surface area contributed by atoms with Crippen molar-refractivity contribution in [2.75, 3.05) is 0 Å². The van der Waals surface area contributed by atoms with Gasteiger partial charge in [-0.05, 0) is 29.8 Å². The number of hydrogen-bond acceptors (Lipinski definition) is 2. The second-order valence-electron chi connectivity index (χ2n) is 5.91. The molecule has 0 aliphatic heterocycles.